The number of nitriles is 1. The molecule has 29 heavy (non-hydrogen) atoms. The van der Waals surface area contributed by atoms with Crippen molar-refractivity contribution in [1.29, 1.82) is 5.26 Å². The molecule has 1 aromatic heterocycles. The lowest BCUT2D eigenvalue weighted by Gasteiger charge is -2.11. The van der Waals surface area contributed by atoms with Crippen molar-refractivity contribution < 1.29 is 19.1 Å². The lowest BCUT2D eigenvalue weighted by molar-refractivity contribution is -0.112. The summed E-state index contributed by atoms with van der Waals surface area (Å²) in [4.78, 5) is 24.8. The number of esters is 1. The molecule has 0 radical (unpaired) electrons. The third-order valence-electron chi connectivity index (χ3n) is 4.61. The van der Waals surface area contributed by atoms with Gasteiger partial charge in [0.05, 0.1) is 25.5 Å². The van der Waals surface area contributed by atoms with Crippen LogP contribution in [-0.4, -0.2) is 30.7 Å². The number of nitrogens with one attached hydrogen (secondary N) is 1. The van der Waals surface area contributed by atoms with Gasteiger partial charge in [0.15, 0.2) is 0 Å². The Morgan fingerprint density at radius 3 is 2.55 bits per heavy atom. The summed E-state index contributed by atoms with van der Waals surface area (Å²) in [5.74, 6) is -0.782. The van der Waals surface area contributed by atoms with E-state index in [2.05, 4.69) is 16.8 Å². The average Bonchev–Trinajstić information content (AvgIpc) is 2.99. The molecule has 7 nitrogen and oxygen atoms in total. The third kappa shape index (κ3) is 4.85. The maximum Gasteiger partial charge on any atom is 0.340 e. The average molecular weight is 395 g/mol. The van der Waals surface area contributed by atoms with Gasteiger partial charge in [-0.05, 0) is 56.2 Å². The van der Waals surface area contributed by atoms with Crippen LogP contribution in [0, 0.1) is 25.2 Å². The zero-order valence-electron chi connectivity index (χ0n) is 17.3. The molecule has 1 amide bonds. The van der Waals surface area contributed by atoms with E-state index in [1.807, 2.05) is 26.0 Å². The SMILES string of the molecule is CCCn1c(C)cc(/C=C(\C#N)C(=O)Nc2ccc(OC)cc2C(=O)OC)c1C. The molecule has 152 valence electrons. The molecule has 0 saturated heterocycles. The summed E-state index contributed by atoms with van der Waals surface area (Å²) in [7, 11) is 2.72. The van der Waals surface area contributed by atoms with Gasteiger partial charge in [0.1, 0.15) is 17.4 Å². The van der Waals surface area contributed by atoms with Gasteiger partial charge in [0.2, 0.25) is 0 Å². The monoisotopic (exact) mass is 395 g/mol. The minimum absolute atomic E-state index is 0.0617. The number of aromatic nitrogens is 1. The molecule has 1 aromatic carbocycles. The fraction of sp³-hybridized carbons (Fsp3) is 0.318. The van der Waals surface area contributed by atoms with Crippen LogP contribution in [0.4, 0.5) is 5.69 Å². The maximum atomic E-state index is 12.7. The van der Waals surface area contributed by atoms with Crippen LogP contribution < -0.4 is 10.1 Å². The van der Waals surface area contributed by atoms with Crippen molar-refractivity contribution >= 4 is 23.6 Å². The summed E-state index contributed by atoms with van der Waals surface area (Å²) >= 11 is 0. The van der Waals surface area contributed by atoms with E-state index in [1.54, 1.807) is 12.1 Å². The van der Waals surface area contributed by atoms with Gasteiger partial charge >= 0.3 is 5.97 Å². The molecule has 2 aromatic rings. The number of ether oxygens (including phenoxy) is 2. The number of anilines is 1. The number of nitrogens with zero attached hydrogens (tertiary/aromatic N) is 2. The molecule has 1 N–H and O–H groups in total. The molecule has 0 unspecified atom stereocenters. The number of methoxy groups -OCH3 is 2. The van der Waals surface area contributed by atoms with E-state index in [1.165, 1.54) is 26.4 Å². The Labute approximate surface area is 170 Å². The number of aryl methyl sites for hydroxylation is 1. The van der Waals surface area contributed by atoms with Crippen LogP contribution in [0.5, 0.6) is 5.75 Å². The van der Waals surface area contributed by atoms with Crippen LogP contribution in [-0.2, 0) is 16.1 Å². The number of amides is 1. The van der Waals surface area contributed by atoms with Crippen molar-refractivity contribution in [3.05, 3.63) is 52.4 Å². The first kappa shape index (κ1) is 21.8. The first-order chi connectivity index (χ1) is 13.9. The van der Waals surface area contributed by atoms with E-state index in [4.69, 9.17) is 9.47 Å². The Morgan fingerprint density at radius 1 is 1.24 bits per heavy atom. The molecule has 0 fully saturated rings. The Kier molecular flexibility index (Phi) is 7.21. The van der Waals surface area contributed by atoms with E-state index in [9.17, 15) is 14.9 Å². The lowest BCUT2D eigenvalue weighted by atomic mass is 10.1. The Hall–Kier alpha value is -3.53. The number of carbonyl (C=O) groups excluding carboxylic acids is 2. The van der Waals surface area contributed by atoms with Gasteiger partial charge in [0.25, 0.3) is 5.91 Å². The van der Waals surface area contributed by atoms with Crippen molar-refractivity contribution in [1.82, 2.24) is 4.57 Å². The zero-order chi connectivity index (χ0) is 21.6. The number of hydrogen-bond donors (Lipinski definition) is 1. The van der Waals surface area contributed by atoms with Gasteiger partial charge < -0.3 is 19.4 Å². The van der Waals surface area contributed by atoms with E-state index in [-0.39, 0.29) is 16.8 Å². The van der Waals surface area contributed by atoms with Gasteiger partial charge in [-0.2, -0.15) is 5.26 Å². The van der Waals surface area contributed by atoms with Crippen LogP contribution in [0.15, 0.2) is 29.8 Å². The number of rotatable bonds is 7. The quantitative estimate of drug-likeness (QED) is 0.437. The molecule has 0 atom stereocenters. The molecule has 0 aliphatic carbocycles. The van der Waals surface area contributed by atoms with Gasteiger partial charge in [-0.15, -0.1) is 0 Å². The summed E-state index contributed by atoms with van der Waals surface area (Å²) in [6.07, 6.45) is 2.55. The number of benzene rings is 1. The highest BCUT2D eigenvalue weighted by atomic mass is 16.5. The predicted molar refractivity (Wildman–Crippen MR) is 111 cm³/mol. The van der Waals surface area contributed by atoms with Crippen molar-refractivity contribution in [3.8, 4) is 11.8 Å². The predicted octanol–water partition coefficient (Wildman–Crippen LogP) is 3.86. The normalized spacial score (nSPS) is 11.0. The summed E-state index contributed by atoms with van der Waals surface area (Å²) < 4.78 is 12.0. The Bertz CT molecular complexity index is 996. The van der Waals surface area contributed by atoms with Crippen molar-refractivity contribution in [2.45, 2.75) is 33.7 Å². The van der Waals surface area contributed by atoms with E-state index < -0.39 is 11.9 Å². The summed E-state index contributed by atoms with van der Waals surface area (Å²) in [5.41, 5.74) is 3.18. The van der Waals surface area contributed by atoms with Crippen molar-refractivity contribution in [3.63, 3.8) is 0 Å². The standard InChI is InChI=1S/C22H25N3O4/c1-6-9-25-14(2)10-16(15(25)3)11-17(13-23)21(26)24-20-8-7-18(28-4)12-19(20)22(27)29-5/h7-8,10-12H,6,9H2,1-5H3,(H,24,26)/b17-11+. The summed E-state index contributed by atoms with van der Waals surface area (Å²) in [6.45, 7) is 6.91. The van der Waals surface area contributed by atoms with Crippen LogP contribution in [0.1, 0.15) is 40.7 Å². The molecule has 2 rings (SSSR count). The molecule has 1 heterocycles. The van der Waals surface area contributed by atoms with Crippen molar-refractivity contribution in [2.24, 2.45) is 0 Å². The third-order valence-corrected chi connectivity index (χ3v) is 4.61. The highest BCUT2D eigenvalue weighted by Crippen LogP contribution is 2.24. The second-order valence-electron chi connectivity index (χ2n) is 6.51. The van der Waals surface area contributed by atoms with E-state index in [0.29, 0.717) is 5.75 Å². The van der Waals surface area contributed by atoms with Crippen molar-refractivity contribution in [2.75, 3.05) is 19.5 Å². The largest absolute Gasteiger partial charge is 0.497 e. The topological polar surface area (TPSA) is 93.4 Å². The first-order valence-corrected chi connectivity index (χ1v) is 9.22. The first-order valence-electron chi connectivity index (χ1n) is 9.22. The Morgan fingerprint density at radius 2 is 1.97 bits per heavy atom. The number of hydrogen-bond acceptors (Lipinski definition) is 5. The molecular weight excluding hydrogens is 370 g/mol. The molecule has 0 bridgehead atoms. The van der Waals surface area contributed by atoms with Crippen LogP contribution in [0.25, 0.3) is 6.08 Å². The van der Waals surface area contributed by atoms with Gasteiger partial charge in [-0.25, -0.2) is 4.79 Å². The summed E-state index contributed by atoms with van der Waals surface area (Å²) in [6, 6.07) is 8.50. The summed E-state index contributed by atoms with van der Waals surface area (Å²) in [5, 5.41) is 12.1. The zero-order valence-corrected chi connectivity index (χ0v) is 17.3. The van der Waals surface area contributed by atoms with Gasteiger partial charge in [0, 0.05) is 17.9 Å². The molecule has 0 spiro atoms. The lowest BCUT2D eigenvalue weighted by Crippen LogP contribution is -2.16. The maximum absolute atomic E-state index is 12.7. The molecular formula is C22H25N3O4. The smallest absolute Gasteiger partial charge is 0.340 e. The van der Waals surface area contributed by atoms with E-state index in [0.717, 1.165) is 29.9 Å². The fourth-order valence-electron chi connectivity index (χ4n) is 3.07. The van der Waals surface area contributed by atoms with Gasteiger partial charge in [-0.1, -0.05) is 6.92 Å². The molecule has 0 aliphatic rings. The minimum atomic E-state index is -0.621. The van der Waals surface area contributed by atoms with Gasteiger partial charge in [-0.3, -0.25) is 4.79 Å². The second kappa shape index (κ2) is 9.60. The molecule has 7 heteroatoms. The van der Waals surface area contributed by atoms with Crippen LogP contribution in [0.3, 0.4) is 0 Å². The highest BCUT2D eigenvalue weighted by Gasteiger charge is 2.18. The second-order valence-corrected chi connectivity index (χ2v) is 6.51. The van der Waals surface area contributed by atoms with Crippen LogP contribution >= 0.6 is 0 Å². The van der Waals surface area contributed by atoms with Crippen LogP contribution in [0.2, 0.25) is 0 Å². The molecule has 0 aliphatic heterocycles. The molecule has 0 saturated carbocycles. The van der Waals surface area contributed by atoms with E-state index >= 15 is 0 Å². The number of carbonyl (C=O) groups is 2. The Balaban J connectivity index is 2.37. The highest BCUT2D eigenvalue weighted by molar-refractivity contribution is 6.12. The fourth-order valence-corrected chi connectivity index (χ4v) is 3.07. The minimum Gasteiger partial charge on any atom is -0.497 e.